The van der Waals surface area contributed by atoms with Crippen molar-refractivity contribution in [3.8, 4) is 0 Å². The number of rotatable bonds is 3. The van der Waals surface area contributed by atoms with Crippen LogP contribution in [0.5, 0.6) is 0 Å². The van der Waals surface area contributed by atoms with Gasteiger partial charge in [0.05, 0.1) is 18.3 Å². The summed E-state index contributed by atoms with van der Waals surface area (Å²) in [5.74, 6) is 0.592. The predicted molar refractivity (Wildman–Crippen MR) is 65.9 cm³/mol. The van der Waals surface area contributed by atoms with E-state index in [9.17, 15) is 4.79 Å². The van der Waals surface area contributed by atoms with Gasteiger partial charge < -0.3 is 10.3 Å². The second-order valence-corrected chi connectivity index (χ2v) is 3.89. The molecule has 0 unspecified atom stereocenters. The fourth-order valence-corrected chi connectivity index (χ4v) is 1.74. The molecule has 1 amide bonds. The van der Waals surface area contributed by atoms with E-state index in [-0.39, 0.29) is 5.91 Å². The number of benzene rings is 1. The number of amides is 1. The Balaban J connectivity index is 1.75. The number of imidazole rings is 1. The number of aromatic amines is 2. The van der Waals surface area contributed by atoms with E-state index >= 15 is 0 Å². The van der Waals surface area contributed by atoms with Crippen LogP contribution in [0.1, 0.15) is 16.2 Å². The number of carbonyl (C=O) groups is 1. The summed E-state index contributed by atoms with van der Waals surface area (Å²) < 4.78 is 0. The van der Waals surface area contributed by atoms with E-state index in [4.69, 9.17) is 0 Å². The van der Waals surface area contributed by atoms with Crippen molar-refractivity contribution < 1.29 is 4.79 Å². The Morgan fingerprint density at radius 2 is 2.33 bits per heavy atom. The van der Waals surface area contributed by atoms with E-state index in [1.165, 1.54) is 0 Å². The topological polar surface area (TPSA) is 86.5 Å². The molecule has 3 rings (SSSR count). The van der Waals surface area contributed by atoms with Crippen LogP contribution in [0.25, 0.3) is 10.9 Å². The maximum atomic E-state index is 11.9. The zero-order valence-corrected chi connectivity index (χ0v) is 9.47. The first kappa shape index (κ1) is 10.5. The lowest BCUT2D eigenvalue weighted by molar-refractivity contribution is 0.0950. The van der Waals surface area contributed by atoms with Crippen molar-refractivity contribution in [1.82, 2.24) is 25.5 Å². The molecule has 90 valence electrons. The summed E-state index contributed by atoms with van der Waals surface area (Å²) in [5, 5.41) is 10.5. The van der Waals surface area contributed by atoms with Crippen LogP contribution in [-0.4, -0.2) is 26.1 Å². The maximum Gasteiger partial charge on any atom is 0.251 e. The third kappa shape index (κ3) is 1.95. The van der Waals surface area contributed by atoms with E-state index in [0.717, 1.165) is 16.7 Å². The van der Waals surface area contributed by atoms with Gasteiger partial charge >= 0.3 is 0 Å². The minimum atomic E-state index is -0.136. The van der Waals surface area contributed by atoms with E-state index in [2.05, 4.69) is 25.5 Å². The molecule has 0 atom stereocenters. The molecular formula is C12H11N5O. The van der Waals surface area contributed by atoms with Gasteiger partial charge in [0.2, 0.25) is 0 Å². The fraction of sp³-hybridized carbons (Fsp3) is 0.0833. The smallest absolute Gasteiger partial charge is 0.251 e. The number of nitrogens with zero attached hydrogens (tertiary/aromatic N) is 2. The molecule has 0 bridgehead atoms. The molecule has 6 heteroatoms. The average molecular weight is 241 g/mol. The lowest BCUT2D eigenvalue weighted by atomic mass is 10.1. The summed E-state index contributed by atoms with van der Waals surface area (Å²) in [5.41, 5.74) is 1.44. The van der Waals surface area contributed by atoms with E-state index in [1.54, 1.807) is 30.7 Å². The highest BCUT2D eigenvalue weighted by Gasteiger charge is 2.07. The van der Waals surface area contributed by atoms with Gasteiger partial charge in [0.1, 0.15) is 5.82 Å². The molecule has 0 aliphatic rings. The van der Waals surface area contributed by atoms with Gasteiger partial charge in [0, 0.05) is 23.3 Å². The second kappa shape index (κ2) is 4.33. The van der Waals surface area contributed by atoms with E-state index in [1.807, 2.05) is 6.07 Å². The highest BCUT2D eigenvalue weighted by atomic mass is 16.1. The van der Waals surface area contributed by atoms with Crippen LogP contribution in [-0.2, 0) is 6.54 Å². The molecule has 0 spiro atoms. The van der Waals surface area contributed by atoms with Gasteiger partial charge in [-0.15, -0.1) is 0 Å². The largest absolute Gasteiger partial charge is 0.347 e. The highest BCUT2D eigenvalue weighted by molar-refractivity contribution is 5.97. The second-order valence-electron chi connectivity index (χ2n) is 3.89. The van der Waals surface area contributed by atoms with Gasteiger partial charge in [-0.05, 0) is 12.1 Å². The number of hydrogen-bond acceptors (Lipinski definition) is 3. The molecule has 0 fully saturated rings. The summed E-state index contributed by atoms with van der Waals surface area (Å²) in [6, 6.07) is 5.41. The molecular weight excluding hydrogens is 230 g/mol. The molecule has 0 saturated heterocycles. The zero-order chi connectivity index (χ0) is 12.4. The Labute approximate surface area is 102 Å². The normalized spacial score (nSPS) is 10.7. The minimum Gasteiger partial charge on any atom is -0.347 e. The SMILES string of the molecule is O=C(NCc1ncc[nH]1)c1ccc2cn[nH]c2c1. The maximum absolute atomic E-state index is 11.9. The fourth-order valence-electron chi connectivity index (χ4n) is 1.74. The standard InChI is InChI=1S/C12H11N5O/c18-12(15-7-11-13-3-4-14-11)8-1-2-9-6-16-17-10(9)5-8/h1-6H,7H2,(H,13,14)(H,15,18)(H,16,17). The first-order valence-corrected chi connectivity index (χ1v) is 5.52. The Morgan fingerprint density at radius 3 is 3.17 bits per heavy atom. The van der Waals surface area contributed by atoms with Gasteiger partial charge in [-0.3, -0.25) is 9.89 Å². The van der Waals surface area contributed by atoms with Crippen molar-refractivity contribution in [2.75, 3.05) is 0 Å². The van der Waals surface area contributed by atoms with Crippen LogP contribution in [0, 0.1) is 0 Å². The number of H-pyrrole nitrogens is 2. The number of hydrogen-bond donors (Lipinski definition) is 3. The Morgan fingerprint density at radius 1 is 1.39 bits per heavy atom. The van der Waals surface area contributed by atoms with Crippen LogP contribution < -0.4 is 5.32 Å². The lowest BCUT2D eigenvalue weighted by Gasteiger charge is -2.03. The summed E-state index contributed by atoms with van der Waals surface area (Å²) in [7, 11) is 0. The Bertz CT molecular complexity index is 671. The monoisotopic (exact) mass is 241 g/mol. The van der Waals surface area contributed by atoms with Crippen molar-refractivity contribution in [3.05, 3.63) is 48.2 Å². The molecule has 18 heavy (non-hydrogen) atoms. The predicted octanol–water partition coefficient (Wildman–Crippen LogP) is 1.22. The molecule has 3 aromatic rings. The minimum absolute atomic E-state index is 0.136. The molecule has 0 radical (unpaired) electrons. The lowest BCUT2D eigenvalue weighted by Crippen LogP contribution is -2.23. The van der Waals surface area contributed by atoms with Crippen molar-refractivity contribution >= 4 is 16.8 Å². The van der Waals surface area contributed by atoms with Crippen molar-refractivity contribution in [2.45, 2.75) is 6.54 Å². The number of aromatic nitrogens is 4. The van der Waals surface area contributed by atoms with Crippen LogP contribution in [0.2, 0.25) is 0 Å². The third-order valence-corrected chi connectivity index (χ3v) is 2.68. The Kier molecular flexibility index (Phi) is 2.53. The van der Waals surface area contributed by atoms with Gasteiger partial charge in [-0.25, -0.2) is 4.98 Å². The summed E-state index contributed by atoms with van der Waals surface area (Å²) >= 11 is 0. The first-order chi connectivity index (χ1) is 8.83. The van der Waals surface area contributed by atoms with Crippen molar-refractivity contribution in [1.29, 1.82) is 0 Å². The van der Waals surface area contributed by atoms with E-state index in [0.29, 0.717) is 12.1 Å². The first-order valence-electron chi connectivity index (χ1n) is 5.52. The van der Waals surface area contributed by atoms with Crippen LogP contribution >= 0.6 is 0 Å². The molecule has 1 aromatic carbocycles. The molecule has 0 aliphatic carbocycles. The quantitative estimate of drug-likeness (QED) is 0.644. The number of nitrogens with one attached hydrogen (secondary N) is 3. The average Bonchev–Trinajstić information content (AvgIpc) is 3.05. The van der Waals surface area contributed by atoms with Crippen LogP contribution in [0.3, 0.4) is 0 Å². The van der Waals surface area contributed by atoms with Gasteiger partial charge in [0.15, 0.2) is 0 Å². The van der Waals surface area contributed by atoms with E-state index < -0.39 is 0 Å². The third-order valence-electron chi connectivity index (χ3n) is 2.68. The number of fused-ring (bicyclic) bond motifs is 1. The Hall–Kier alpha value is -2.63. The summed E-state index contributed by atoms with van der Waals surface area (Å²) in [6.45, 7) is 0.382. The molecule has 0 saturated carbocycles. The highest BCUT2D eigenvalue weighted by Crippen LogP contribution is 2.12. The number of carbonyl (C=O) groups excluding carboxylic acids is 1. The van der Waals surface area contributed by atoms with Crippen molar-refractivity contribution in [3.63, 3.8) is 0 Å². The molecule has 6 nitrogen and oxygen atoms in total. The van der Waals surface area contributed by atoms with Gasteiger partial charge in [0.25, 0.3) is 5.91 Å². The van der Waals surface area contributed by atoms with Crippen LogP contribution in [0.4, 0.5) is 0 Å². The molecule has 2 aromatic heterocycles. The molecule has 3 N–H and O–H groups in total. The zero-order valence-electron chi connectivity index (χ0n) is 9.47. The van der Waals surface area contributed by atoms with Crippen molar-refractivity contribution in [2.24, 2.45) is 0 Å². The summed E-state index contributed by atoms with van der Waals surface area (Å²) in [4.78, 5) is 18.9. The summed E-state index contributed by atoms with van der Waals surface area (Å²) in [6.07, 6.45) is 5.09. The van der Waals surface area contributed by atoms with Gasteiger partial charge in [-0.2, -0.15) is 5.10 Å². The van der Waals surface area contributed by atoms with Crippen LogP contribution in [0.15, 0.2) is 36.8 Å². The molecule has 0 aliphatic heterocycles. The van der Waals surface area contributed by atoms with Gasteiger partial charge in [-0.1, -0.05) is 6.07 Å². The molecule has 2 heterocycles.